The zero-order valence-electron chi connectivity index (χ0n) is 8.19. The van der Waals surface area contributed by atoms with E-state index in [0.29, 0.717) is 0 Å². The highest BCUT2D eigenvalue weighted by Crippen LogP contribution is 2.24. The molecule has 2 aromatic rings. The molecule has 0 atom stereocenters. The van der Waals surface area contributed by atoms with Gasteiger partial charge in [-0.1, -0.05) is 35.8 Å². The zero-order valence-corrected chi connectivity index (χ0v) is 9.77. The number of hydrogen-bond acceptors (Lipinski definition) is 0. The van der Waals surface area contributed by atoms with Gasteiger partial charge in [-0.25, -0.2) is 0 Å². The van der Waals surface area contributed by atoms with Crippen molar-refractivity contribution in [3.8, 4) is 0 Å². The van der Waals surface area contributed by atoms with Crippen LogP contribution in [0.25, 0.3) is 10.9 Å². The monoisotopic (exact) mass is 239 g/mol. The lowest BCUT2D eigenvalue weighted by molar-refractivity contribution is 1.41. The number of nitrogens with one attached hydrogen (secondary N) is 1. The van der Waals surface area contributed by atoms with E-state index in [4.69, 9.17) is 0 Å². The molecule has 13 heavy (non-hydrogen) atoms. The van der Waals surface area contributed by atoms with Crippen LogP contribution in [0.1, 0.15) is 19.4 Å². The van der Waals surface area contributed by atoms with Crippen LogP contribution in [0.15, 0.2) is 28.9 Å². The lowest BCUT2D eigenvalue weighted by atomic mass is 10.2. The highest BCUT2D eigenvalue weighted by atomic mass is 79.9. The normalized spacial score (nSPS) is 9.54. The van der Waals surface area contributed by atoms with Gasteiger partial charge in [0.1, 0.15) is 0 Å². The van der Waals surface area contributed by atoms with Crippen molar-refractivity contribution in [2.45, 2.75) is 20.8 Å². The number of rotatable bonds is 0. The Morgan fingerprint density at radius 3 is 2.46 bits per heavy atom. The fourth-order valence-corrected chi connectivity index (χ4v) is 1.73. The second kappa shape index (κ2) is 4.47. The van der Waals surface area contributed by atoms with Crippen molar-refractivity contribution in [3.05, 3.63) is 34.4 Å². The maximum atomic E-state index is 3.49. The topological polar surface area (TPSA) is 15.8 Å². The highest BCUT2D eigenvalue weighted by Gasteiger charge is 2.00. The van der Waals surface area contributed by atoms with Gasteiger partial charge >= 0.3 is 0 Å². The van der Waals surface area contributed by atoms with Crippen LogP contribution in [-0.4, -0.2) is 4.98 Å². The number of aryl methyl sites for hydroxylation is 1. The van der Waals surface area contributed by atoms with E-state index in [9.17, 15) is 0 Å². The molecule has 1 aromatic heterocycles. The third kappa shape index (κ3) is 1.94. The van der Waals surface area contributed by atoms with Crippen LogP contribution in [0, 0.1) is 6.92 Å². The first kappa shape index (κ1) is 10.3. The number of benzene rings is 1. The van der Waals surface area contributed by atoms with Gasteiger partial charge in [-0.05, 0) is 24.6 Å². The van der Waals surface area contributed by atoms with E-state index in [1.165, 1.54) is 16.5 Å². The minimum Gasteiger partial charge on any atom is -0.361 e. The predicted molar refractivity (Wildman–Crippen MR) is 62.1 cm³/mol. The first-order valence-corrected chi connectivity index (χ1v) is 5.30. The van der Waals surface area contributed by atoms with Crippen molar-refractivity contribution >= 4 is 26.8 Å². The van der Waals surface area contributed by atoms with Crippen LogP contribution >= 0.6 is 15.9 Å². The minimum absolute atomic E-state index is 1.15. The fourth-order valence-electron chi connectivity index (χ4n) is 1.27. The number of H-pyrrole nitrogens is 1. The molecule has 0 aliphatic heterocycles. The van der Waals surface area contributed by atoms with Gasteiger partial charge in [0.15, 0.2) is 0 Å². The molecule has 2 rings (SSSR count). The first-order valence-electron chi connectivity index (χ1n) is 4.51. The summed E-state index contributed by atoms with van der Waals surface area (Å²) in [5.41, 5.74) is 2.51. The van der Waals surface area contributed by atoms with Crippen LogP contribution < -0.4 is 0 Å². The van der Waals surface area contributed by atoms with Crippen molar-refractivity contribution in [2.75, 3.05) is 0 Å². The van der Waals surface area contributed by atoms with Gasteiger partial charge in [0.05, 0.1) is 0 Å². The SMILES string of the molecule is CC.Cc1ccc(Br)c2cc[nH]c12. The quantitative estimate of drug-likeness (QED) is 0.707. The molecule has 1 aromatic carbocycles. The smallest absolute Gasteiger partial charge is 0.0495 e. The second-order valence-corrected chi connectivity index (χ2v) is 3.48. The number of aromatic nitrogens is 1. The second-order valence-electron chi connectivity index (χ2n) is 2.63. The summed E-state index contributed by atoms with van der Waals surface area (Å²) < 4.78 is 1.15. The molecule has 0 aliphatic carbocycles. The van der Waals surface area contributed by atoms with Gasteiger partial charge in [-0.3, -0.25) is 0 Å². The highest BCUT2D eigenvalue weighted by molar-refractivity contribution is 9.10. The Hall–Kier alpha value is -0.760. The molecule has 1 N–H and O–H groups in total. The molecule has 0 saturated carbocycles. The van der Waals surface area contributed by atoms with E-state index in [1.807, 2.05) is 20.0 Å². The van der Waals surface area contributed by atoms with E-state index in [1.54, 1.807) is 0 Å². The van der Waals surface area contributed by atoms with Crippen LogP contribution in [0.2, 0.25) is 0 Å². The standard InChI is InChI=1S/C9H8BrN.C2H6/c1-6-2-3-8(10)7-4-5-11-9(6)7;1-2/h2-5,11H,1H3;1-2H3. The average molecular weight is 240 g/mol. The van der Waals surface area contributed by atoms with E-state index in [2.05, 4.69) is 46.0 Å². The lowest BCUT2D eigenvalue weighted by Gasteiger charge is -1.96. The molecule has 0 spiro atoms. The van der Waals surface area contributed by atoms with Crippen LogP contribution in [-0.2, 0) is 0 Å². The Balaban J connectivity index is 0.000000396. The van der Waals surface area contributed by atoms with Gasteiger partial charge in [0, 0.05) is 21.6 Å². The van der Waals surface area contributed by atoms with E-state index < -0.39 is 0 Å². The summed E-state index contributed by atoms with van der Waals surface area (Å²) in [6.07, 6.45) is 1.96. The van der Waals surface area contributed by atoms with Crippen LogP contribution in [0.5, 0.6) is 0 Å². The predicted octanol–water partition coefficient (Wildman–Crippen LogP) is 4.27. The fraction of sp³-hybridized carbons (Fsp3) is 0.273. The van der Waals surface area contributed by atoms with E-state index in [0.717, 1.165) is 4.47 Å². The molecule has 0 saturated heterocycles. The molecule has 0 aliphatic rings. The lowest BCUT2D eigenvalue weighted by Crippen LogP contribution is -1.75. The van der Waals surface area contributed by atoms with Crippen LogP contribution in [0.4, 0.5) is 0 Å². The summed E-state index contributed by atoms with van der Waals surface area (Å²) in [5, 5.41) is 1.25. The Kier molecular flexibility index (Phi) is 3.55. The molecule has 0 fully saturated rings. The molecule has 70 valence electrons. The summed E-state index contributed by atoms with van der Waals surface area (Å²) >= 11 is 3.49. The van der Waals surface area contributed by atoms with Crippen molar-refractivity contribution in [2.24, 2.45) is 0 Å². The van der Waals surface area contributed by atoms with Crippen LogP contribution in [0.3, 0.4) is 0 Å². The maximum absolute atomic E-state index is 3.49. The van der Waals surface area contributed by atoms with Crippen molar-refractivity contribution in [1.82, 2.24) is 4.98 Å². The average Bonchev–Trinajstić information content (AvgIpc) is 2.64. The van der Waals surface area contributed by atoms with Gasteiger partial charge in [0.25, 0.3) is 0 Å². The minimum atomic E-state index is 1.15. The van der Waals surface area contributed by atoms with Crippen molar-refractivity contribution in [3.63, 3.8) is 0 Å². The van der Waals surface area contributed by atoms with E-state index in [-0.39, 0.29) is 0 Å². The number of fused-ring (bicyclic) bond motifs is 1. The maximum Gasteiger partial charge on any atom is 0.0495 e. The molecule has 0 unspecified atom stereocenters. The summed E-state index contributed by atoms with van der Waals surface area (Å²) in [6, 6.07) is 6.25. The molecule has 0 radical (unpaired) electrons. The van der Waals surface area contributed by atoms with Gasteiger partial charge < -0.3 is 4.98 Å². The third-order valence-electron chi connectivity index (χ3n) is 1.88. The van der Waals surface area contributed by atoms with Gasteiger partial charge in [0.2, 0.25) is 0 Å². The van der Waals surface area contributed by atoms with E-state index >= 15 is 0 Å². The van der Waals surface area contributed by atoms with Crippen molar-refractivity contribution in [1.29, 1.82) is 0 Å². The summed E-state index contributed by atoms with van der Waals surface area (Å²) in [7, 11) is 0. The molecular weight excluding hydrogens is 226 g/mol. The molecule has 0 amide bonds. The summed E-state index contributed by atoms with van der Waals surface area (Å²) in [6.45, 7) is 6.10. The molecule has 0 bridgehead atoms. The van der Waals surface area contributed by atoms with Gasteiger partial charge in [-0.2, -0.15) is 0 Å². The molecule has 1 heterocycles. The molecule has 1 nitrogen and oxygen atoms in total. The Morgan fingerprint density at radius 1 is 1.15 bits per heavy atom. The first-order chi connectivity index (χ1) is 6.29. The van der Waals surface area contributed by atoms with Gasteiger partial charge in [-0.15, -0.1) is 0 Å². The Morgan fingerprint density at radius 2 is 1.85 bits per heavy atom. The molecule has 2 heteroatoms. The summed E-state index contributed by atoms with van der Waals surface area (Å²) in [5.74, 6) is 0. The Labute approximate surface area is 87.3 Å². The summed E-state index contributed by atoms with van der Waals surface area (Å²) in [4.78, 5) is 3.20. The van der Waals surface area contributed by atoms with Crippen molar-refractivity contribution < 1.29 is 0 Å². The largest absolute Gasteiger partial charge is 0.361 e. The zero-order chi connectivity index (χ0) is 9.84. The molecular formula is C11H14BrN. The number of aromatic amines is 1. The number of hydrogen-bond donors (Lipinski definition) is 1. The third-order valence-corrected chi connectivity index (χ3v) is 2.57. The Bertz CT molecular complexity index is 354. The number of halogens is 1.